The fraction of sp³-hybridized carbons (Fsp3) is 0.280. The standard InChI is InChI=1S/C25H24ClN3O/c1-25(2)12-20-23(21(30)13-25)22(17-8-10-18(26)11-9-17)19(14-27)24(28)29(20)15-16-6-4-3-5-7-16/h3-11,22H,12-13,15,28H2,1-2H3. The smallest absolute Gasteiger partial charge is 0.162 e. The quantitative estimate of drug-likeness (QED) is 0.737. The van der Waals surface area contributed by atoms with Crippen molar-refractivity contribution >= 4 is 17.4 Å². The lowest BCUT2D eigenvalue weighted by molar-refractivity contribution is -0.118. The SMILES string of the molecule is CC1(C)CC(=O)C2=C(C1)N(Cc1ccccc1)C(N)=C(C#N)C2c1ccc(Cl)cc1. The molecule has 0 radical (unpaired) electrons. The molecule has 0 spiro atoms. The highest BCUT2D eigenvalue weighted by Gasteiger charge is 2.44. The maximum Gasteiger partial charge on any atom is 0.162 e. The number of nitrogens with two attached hydrogens (primary N) is 1. The molecule has 0 amide bonds. The zero-order valence-electron chi connectivity index (χ0n) is 17.2. The van der Waals surface area contributed by atoms with Crippen molar-refractivity contribution in [1.82, 2.24) is 4.90 Å². The summed E-state index contributed by atoms with van der Waals surface area (Å²) in [5.74, 6) is 0.0444. The maximum atomic E-state index is 13.4. The lowest BCUT2D eigenvalue weighted by Crippen LogP contribution is -2.41. The van der Waals surface area contributed by atoms with Crippen LogP contribution in [-0.4, -0.2) is 10.7 Å². The fourth-order valence-electron chi connectivity index (χ4n) is 4.51. The zero-order chi connectivity index (χ0) is 21.5. The highest BCUT2D eigenvalue weighted by molar-refractivity contribution is 6.30. The Kier molecular flexibility index (Phi) is 5.17. The van der Waals surface area contributed by atoms with E-state index in [1.807, 2.05) is 47.4 Å². The normalized spacial score (nSPS) is 20.8. The second-order valence-corrected chi connectivity index (χ2v) is 9.20. The summed E-state index contributed by atoms with van der Waals surface area (Å²) in [5.41, 5.74) is 10.4. The molecule has 5 heteroatoms. The van der Waals surface area contributed by atoms with E-state index in [0.717, 1.165) is 23.2 Å². The van der Waals surface area contributed by atoms with Crippen LogP contribution in [0.15, 0.2) is 77.3 Å². The Morgan fingerprint density at radius 3 is 2.43 bits per heavy atom. The van der Waals surface area contributed by atoms with E-state index in [2.05, 4.69) is 19.9 Å². The molecule has 1 heterocycles. The third-order valence-corrected chi connectivity index (χ3v) is 6.13. The van der Waals surface area contributed by atoms with Crippen LogP contribution in [0.25, 0.3) is 0 Å². The Balaban J connectivity index is 1.90. The summed E-state index contributed by atoms with van der Waals surface area (Å²) in [6.45, 7) is 4.73. The Bertz CT molecular complexity index is 1090. The molecule has 152 valence electrons. The summed E-state index contributed by atoms with van der Waals surface area (Å²) in [6.07, 6.45) is 1.18. The second-order valence-electron chi connectivity index (χ2n) is 8.77. The largest absolute Gasteiger partial charge is 0.384 e. The molecular weight excluding hydrogens is 394 g/mol. The van der Waals surface area contributed by atoms with Crippen LogP contribution in [0.3, 0.4) is 0 Å². The molecule has 4 rings (SSSR count). The second kappa shape index (κ2) is 7.66. The van der Waals surface area contributed by atoms with Gasteiger partial charge in [-0.15, -0.1) is 0 Å². The Hall–Kier alpha value is -3.03. The minimum absolute atomic E-state index is 0.0829. The van der Waals surface area contributed by atoms with E-state index < -0.39 is 5.92 Å². The molecule has 2 N–H and O–H groups in total. The van der Waals surface area contributed by atoms with Gasteiger partial charge in [0.25, 0.3) is 0 Å². The number of hydrogen-bond acceptors (Lipinski definition) is 4. The van der Waals surface area contributed by atoms with Crippen LogP contribution in [0.2, 0.25) is 5.02 Å². The maximum absolute atomic E-state index is 13.4. The number of Topliss-reactive ketones (excluding diaryl/α,β-unsaturated/α-hetero) is 1. The minimum atomic E-state index is -0.460. The summed E-state index contributed by atoms with van der Waals surface area (Å²) in [4.78, 5) is 15.3. The highest BCUT2D eigenvalue weighted by atomic mass is 35.5. The van der Waals surface area contributed by atoms with Crippen molar-refractivity contribution in [3.05, 3.63) is 93.4 Å². The first-order valence-corrected chi connectivity index (χ1v) is 10.4. The van der Waals surface area contributed by atoms with E-state index >= 15 is 0 Å². The van der Waals surface area contributed by atoms with Crippen molar-refractivity contribution < 1.29 is 4.79 Å². The fourth-order valence-corrected chi connectivity index (χ4v) is 4.64. The van der Waals surface area contributed by atoms with Gasteiger partial charge in [-0.2, -0.15) is 5.26 Å². The molecule has 1 aliphatic heterocycles. The Morgan fingerprint density at radius 1 is 1.13 bits per heavy atom. The van der Waals surface area contributed by atoms with Crippen molar-refractivity contribution in [2.45, 2.75) is 39.2 Å². The van der Waals surface area contributed by atoms with Crippen LogP contribution in [0.4, 0.5) is 0 Å². The van der Waals surface area contributed by atoms with Crippen LogP contribution < -0.4 is 5.73 Å². The van der Waals surface area contributed by atoms with E-state index in [0.29, 0.717) is 35.0 Å². The number of benzene rings is 2. The number of ketones is 1. The van der Waals surface area contributed by atoms with E-state index in [-0.39, 0.29) is 11.2 Å². The third kappa shape index (κ3) is 3.62. The molecule has 0 saturated heterocycles. The van der Waals surface area contributed by atoms with E-state index in [9.17, 15) is 10.1 Å². The van der Waals surface area contributed by atoms with Gasteiger partial charge in [-0.1, -0.05) is 67.9 Å². The molecule has 2 aromatic carbocycles. The predicted molar refractivity (Wildman–Crippen MR) is 118 cm³/mol. The van der Waals surface area contributed by atoms with Gasteiger partial charge in [0.2, 0.25) is 0 Å². The number of allylic oxidation sites excluding steroid dienone is 3. The van der Waals surface area contributed by atoms with Gasteiger partial charge in [-0.3, -0.25) is 4.79 Å². The zero-order valence-corrected chi connectivity index (χ0v) is 17.9. The number of nitrogens with zero attached hydrogens (tertiary/aromatic N) is 2. The molecule has 0 fully saturated rings. The average Bonchev–Trinajstić information content (AvgIpc) is 2.70. The third-order valence-electron chi connectivity index (χ3n) is 5.87. The van der Waals surface area contributed by atoms with Crippen LogP contribution in [0, 0.1) is 16.7 Å². The molecule has 1 atom stereocenters. The van der Waals surface area contributed by atoms with Gasteiger partial charge in [-0.05, 0) is 35.1 Å². The molecule has 2 aliphatic rings. The summed E-state index contributed by atoms with van der Waals surface area (Å²) in [6, 6.07) is 19.6. The number of hydrogen-bond donors (Lipinski definition) is 1. The molecule has 1 unspecified atom stereocenters. The van der Waals surface area contributed by atoms with Gasteiger partial charge in [0.05, 0.1) is 17.6 Å². The minimum Gasteiger partial charge on any atom is -0.384 e. The summed E-state index contributed by atoms with van der Waals surface area (Å²) in [7, 11) is 0. The first-order chi connectivity index (χ1) is 14.3. The number of carbonyl (C=O) groups is 1. The molecule has 0 bridgehead atoms. The lowest BCUT2D eigenvalue weighted by atomic mass is 9.68. The van der Waals surface area contributed by atoms with Gasteiger partial charge < -0.3 is 10.6 Å². The summed E-state index contributed by atoms with van der Waals surface area (Å²) < 4.78 is 0. The topological polar surface area (TPSA) is 70.1 Å². The molecule has 2 aromatic rings. The van der Waals surface area contributed by atoms with Crippen LogP contribution >= 0.6 is 11.6 Å². The average molecular weight is 418 g/mol. The van der Waals surface area contributed by atoms with Crippen molar-refractivity contribution in [3.8, 4) is 6.07 Å². The van der Waals surface area contributed by atoms with Crippen LogP contribution in [0.1, 0.15) is 43.7 Å². The first kappa shape index (κ1) is 20.3. The highest BCUT2D eigenvalue weighted by Crippen LogP contribution is 2.49. The molecule has 1 aliphatic carbocycles. The number of carbonyl (C=O) groups excluding carboxylic acids is 1. The van der Waals surface area contributed by atoms with Gasteiger partial charge in [0, 0.05) is 29.3 Å². The van der Waals surface area contributed by atoms with Crippen molar-refractivity contribution in [3.63, 3.8) is 0 Å². The Morgan fingerprint density at radius 2 is 1.80 bits per heavy atom. The van der Waals surface area contributed by atoms with Gasteiger partial charge in [-0.25, -0.2) is 0 Å². The van der Waals surface area contributed by atoms with Crippen LogP contribution in [0.5, 0.6) is 0 Å². The number of nitriles is 1. The summed E-state index contributed by atoms with van der Waals surface area (Å²) in [5, 5.41) is 10.6. The van der Waals surface area contributed by atoms with Crippen LogP contribution in [-0.2, 0) is 11.3 Å². The van der Waals surface area contributed by atoms with E-state index in [4.69, 9.17) is 17.3 Å². The number of halogens is 1. The molecule has 30 heavy (non-hydrogen) atoms. The first-order valence-electron chi connectivity index (χ1n) is 10.0. The van der Waals surface area contributed by atoms with E-state index in [1.54, 1.807) is 12.1 Å². The van der Waals surface area contributed by atoms with Crippen molar-refractivity contribution in [2.24, 2.45) is 11.1 Å². The Labute approximate surface area is 182 Å². The molecule has 0 aromatic heterocycles. The van der Waals surface area contributed by atoms with Crippen molar-refractivity contribution in [2.75, 3.05) is 0 Å². The molecule has 0 saturated carbocycles. The van der Waals surface area contributed by atoms with E-state index in [1.165, 1.54) is 0 Å². The van der Waals surface area contributed by atoms with Crippen molar-refractivity contribution in [1.29, 1.82) is 5.26 Å². The molecular formula is C25H24ClN3O. The number of rotatable bonds is 3. The van der Waals surface area contributed by atoms with Gasteiger partial charge in [0.15, 0.2) is 5.78 Å². The lowest BCUT2D eigenvalue weighted by Gasteiger charge is -2.44. The monoisotopic (exact) mass is 417 g/mol. The van der Waals surface area contributed by atoms with Gasteiger partial charge in [0.1, 0.15) is 5.82 Å². The molecule has 4 nitrogen and oxygen atoms in total. The summed E-state index contributed by atoms with van der Waals surface area (Å²) >= 11 is 6.08. The predicted octanol–water partition coefficient (Wildman–Crippen LogP) is 5.28. The van der Waals surface area contributed by atoms with Gasteiger partial charge >= 0.3 is 0 Å².